The van der Waals surface area contributed by atoms with Gasteiger partial charge in [-0.3, -0.25) is 4.79 Å². The molecule has 1 fully saturated rings. The van der Waals surface area contributed by atoms with Crippen LogP contribution in [0, 0.1) is 17.7 Å². The van der Waals surface area contributed by atoms with E-state index >= 15 is 0 Å². The number of halogens is 1. The second-order valence-electron chi connectivity index (χ2n) is 6.14. The van der Waals surface area contributed by atoms with Crippen LogP contribution in [0.15, 0.2) is 24.3 Å². The lowest BCUT2D eigenvalue weighted by Crippen LogP contribution is -2.49. The molecule has 2 N–H and O–H groups in total. The number of nitrogens with one attached hydrogen (secondary N) is 2. The van der Waals surface area contributed by atoms with Crippen LogP contribution in [-0.4, -0.2) is 38.3 Å². The van der Waals surface area contributed by atoms with Crippen molar-refractivity contribution in [3.63, 3.8) is 0 Å². The molecule has 0 aliphatic carbocycles. The zero-order valence-corrected chi connectivity index (χ0v) is 14.1. The SMILES string of the molecule is C[C@H]1C[C@H](C)CN(S(=O)(=O)NCC(=O)Nc2ccc(F)cc2)C1. The van der Waals surface area contributed by atoms with Crippen LogP contribution >= 0.6 is 0 Å². The monoisotopic (exact) mass is 343 g/mol. The van der Waals surface area contributed by atoms with E-state index in [2.05, 4.69) is 10.0 Å². The first kappa shape index (κ1) is 17.8. The lowest BCUT2D eigenvalue weighted by Gasteiger charge is -2.33. The van der Waals surface area contributed by atoms with Crippen LogP contribution in [0.5, 0.6) is 0 Å². The van der Waals surface area contributed by atoms with E-state index < -0.39 is 21.9 Å². The lowest BCUT2D eigenvalue weighted by atomic mass is 9.94. The third-order valence-corrected chi connectivity index (χ3v) is 5.21. The number of hydrogen-bond acceptors (Lipinski definition) is 3. The van der Waals surface area contributed by atoms with Gasteiger partial charge in [0.05, 0.1) is 6.54 Å². The summed E-state index contributed by atoms with van der Waals surface area (Å²) in [5.74, 6) is -0.318. The van der Waals surface area contributed by atoms with Gasteiger partial charge in [-0.15, -0.1) is 0 Å². The highest BCUT2D eigenvalue weighted by Gasteiger charge is 2.30. The Morgan fingerprint density at radius 1 is 1.22 bits per heavy atom. The second-order valence-corrected chi connectivity index (χ2v) is 7.90. The summed E-state index contributed by atoms with van der Waals surface area (Å²) in [7, 11) is -3.68. The van der Waals surface area contributed by atoms with Crippen molar-refractivity contribution in [3.8, 4) is 0 Å². The highest BCUT2D eigenvalue weighted by atomic mass is 32.2. The van der Waals surface area contributed by atoms with Crippen molar-refractivity contribution >= 4 is 21.8 Å². The summed E-state index contributed by atoms with van der Waals surface area (Å²) < 4.78 is 41.0. The van der Waals surface area contributed by atoms with Crippen LogP contribution in [0.2, 0.25) is 0 Å². The number of carbonyl (C=O) groups excluding carboxylic acids is 1. The van der Waals surface area contributed by atoms with E-state index in [0.717, 1.165) is 6.42 Å². The first-order chi connectivity index (χ1) is 10.8. The minimum atomic E-state index is -3.68. The third kappa shape index (κ3) is 5.26. The number of amides is 1. The van der Waals surface area contributed by atoms with E-state index in [0.29, 0.717) is 30.6 Å². The van der Waals surface area contributed by atoms with Crippen molar-refractivity contribution in [1.29, 1.82) is 0 Å². The fraction of sp³-hybridized carbons (Fsp3) is 0.533. The summed E-state index contributed by atoms with van der Waals surface area (Å²) in [6, 6.07) is 5.26. The summed E-state index contributed by atoms with van der Waals surface area (Å²) in [6.45, 7) is 4.58. The van der Waals surface area contributed by atoms with Crippen LogP contribution in [0.1, 0.15) is 20.3 Å². The molecule has 1 aliphatic rings. The van der Waals surface area contributed by atoms with Crippen molar-refractivity contribution in [1.82, 2.24) is 9.03 Å². The molecular weight excluding hydrogens is 321 g/mol. The Labute approximate surface area is 136 Å². The molecule has 0 bridgehead atoms. The number of hydrogen-bond donors (Lipinski definition) is 2. The van der Waals surface area contributed by atoms with Crippen LogP contribution in [0.25, 0.3) is 0 Å². The molecule has 1 saturated heterocycles. The van der Waals surface area contributed by atoms with Crippen LogP contribution in [-0.2, 0) is 15.0 Å². The molecule has 1 aliphatic heterocycles. The minimum Gasteiger partial charge on any atom is -0.325 e. The van der Waals surface area contributed by atoms with E-state index in [1.54, 1.807) is 0 Å². The van der Waals surface area contributed by atoms with E-state index in [4.69, 9.17) is 0 Å². The van der Waals surface area contributed by atoms with Gasteiger partial charge in [0.25, 0.3) is 10.2 Å². The normalized spacial score (nSPS) is 22.7. The van der Waals surface area contributed by atoms with Crippen molar-refractivity contribution < 1.29 is 17.6 Å². The molecule has 0 spiro atoms. The van der Waals surface area contributed by atoms with Crippen molar-refractivity contribution in [2.45, 2.75) is 20.3 Å². The molecule has 1 aromatic carbocycles. The van der Waals surface area contributed by atoms with Gasteiger partial charge in [-0.25, -0.2) is 4.39 Å². The summed E-state index contributed by atoms with van der Waals surface area (Å²) in [4.78, 5) is 11.8. The molecule has 1 aromatic rings. The van der Waals surface area contributed by atoms with Crippen LogP contribution in [0.3, 0.4) is 0 Å². The molecule has 8 heteroatoms. The molecule has 0 aromatic heterocycles. The number of carbonyl (C=O) groups is 1. The van der Waals surface area contributed by atoms with Gasteiger partial charge in [-0.05, 0) is 42.5 Å². The van der Waals surface area contributed by atoms with Crippen molar-refractivity contribution in [3.05, 3.63) is 30.1 Å². The number of nitrogens with zero attached hydrogens (tertiary/aromatic N) is 1. The van der Waals surface area contributed by atoms with Gasteiger partial charge in [-0.2, -0.15) is 17.4 Å². The summed E-state index contributed by atoms with van der Waals surface area (Å²) in [5, 5.41) is 2.51. The maximum Gasteiger partial charge on any atom is 0.279 e. The Hall–Kier alpha value is -1.51. The minimum absolute atomic E-state index is 0.295. The predicted molar refractivity (Wildman–Crippen MR) is 86.5 cm³/mol. The first-order valence-corrected chi connectivity index (χ1v) is 9.00. The fourth-order valence-electron chi connectivity index (χ4n) is 2.79. The Kier molecular flexibility index (Phi) is 5.72. The molecule has 2 rings (SSSR count). The topological polar surface area (TPSA) is 78.5 Å². The fourth-order valence-corrected chi connectivity index (χ4v) is 4.19. The highest BCUT2D eigenvalue weighted by Crippen LogP contribution is 2.22. The van der Waals surface area contributed by atoms with Gasteiger partial charge >= 0.3 is 0 Å². The van der Waals surface area contributed by atoms with Crippen molar-refractivity contribution in [2.75, 3.05) is 25.0 Å². The zero-order chi connectivity index (χ0) is 17.0. The average Bonchev–Trinajstić information content (AvgIpc) is 2.47. The van der Waals surface area contributed by atoms with Crippen LogP contribution in [0.4, 0.5) is 10.1 Å². The quantitative estimate of drug-likeness (QED) is 0.852. The van der Waals surface area contributed by atoms with Gasteiger partial charge in [0, 0.05) is 18.8 Å². The third-order valence-electron chi connectivity index (χ3n) is 3.72. The Morgan fingerprint density at radius 3 is 2.35 bits per heavy atom. The summed E-state index contributed by atoms with van der Waals surface area (Å²) in [6.07, 6.45) is 0.997. The molecule has 0 saturated carbocycles. The second kappa shape index (κ2) is 7.37. The largest absolute Gasteiger partial charge is 0.325 e. The highest BCUT2D eigenvalue weighted by molar-refractivity contribution is 7.87. The molecule has 1 amide bonds. The lowest BCUT2D eigenvalue weighted by molar-refractivity contribution is -0.115. The van der Waals surface area contributed by atoms with Gasteiger partial charge in [0.1, 0.15) is 5.82 Å². The molecule has 1 heterocycles. The standard InChI is InChI=1S/C15H22FN3O3S/c1-11-7-12(2)10-19(9-11)23(21,22)17-8-15(20)18-14-5-3-13(16)4-6-14/h3-6,11-12,17H,7-10H2,1-2H3,(H,18,20)/t11-,12-/m0/s1. The Morgan fingerprint density at radius 2 is 1.78 bits per heavy atom. The molecule has 0 unspecified atom stereocenters. The molecule has 6 nitrogen and oxygen atoms in total. The predicted octanol–water partition coefficient (Wildman–Crippen LogP) is 1.58. The average molecular weight is 343 g/mol. The first-order valence-electron chi connectivity index (χ1n) is 7.56. The van der Waals surface area contributed by atoms with E-state index in [1.807, 2.05) is 13.8 Å². The number of benzene rings is 1. The summed E-state index contributed by atoms with van der Waals surface area (Å²) >= 11 is 0. The Balaban J connectivity index is 1.88. The van der Waals surface area contributed by atoms with E-state index in [-0.39, 0.29) is 6.54 Å². The van der Waals surface area contributed by atoms with Crippen LogP contribution < -0.4 is 10.0 Å². The zero-order valence-electron chi connectivity index (χ0n) is 13.3. The number of anilines is 1. The number of piperidine rings is 1. The summed E-state index contributed by atoms with van der Waals surface area (Å²) in [5.41, 5.74) is 0.413. The molecule has 128 valence electrons. The number of rotatable bonds is 5. The maximum atomic E-state index is 12.8. The van der Waals surface area contributed by atoms with Crippen molar-refractivity contribution in [2.24, 2.45) is 11.8 Å². The van der Waals surface area contributed by atoms with Gasteiger partial charge in [0.15, 0.2) is 0 Å². The molecule has 0 radical (unpaired) electrons. The molecule has 2 atom stereocenters. The van der Waals surface area contributed by atoms with E-state index in [1.165, 1.54) is 28.6 Å². The van der Waals surface area contributed by atoms with Gasteiger partial charge in [-0.1, -0.05) is 13.8 Å². The smallest absolute Gasteiger partial charge is 0.279 e. The van der Waals surface area contributed by atoms with E-state index in [9.17, 15) is 17.6 Å². The van der Waals surface area contributed by atoms with Gasteiger partial charge < -0.3 is 5.32 Å². The molecule has 23 heavy (non-hydrogen) atoms. The van der Waals surface area contributed by atoms with Gasteiger partial charge in [0.2, 0.25) is 5.91 Å². The molecular formula is C15H22FN3O3S. The Bertz CT molecular complexity index is 638. The maximum absolute atomic E-state index is 12.8.